The van der Waals surface area contributed by atoms with Crippen LogP contribution in [0.1, 0.15) is 41.0 Å². The van der Waals surface area contributed by atoms with Crippen LogP contribution in [-0.2, 0) is 9.59 Å². The monoisotopic (exact) mass is 271 g/mol. The number of Topliss-reactive ketones (excluding diaryl/α,β-unsaturated/α-hetero) is 1. The van der Waals surface area contributed by atoms with E-state index in [9.17, 15) is 9.59 Å². The second-order valence-electron chi connectivity index (χ2n) is 6.40. The van der Waals surface area contributed by atoms with Crippen LogP contribution in [0.2, 0.25) is 0 Å². The Bertz CT molecular complexity index is 325. The molecule has 0 heterocycles. The Morgan fingerprint density at radius 2 is 1.63 bits per heavy atom. The summed E-state index contributed by atoms with van der Waals surface area (Å²) in [5.74, 6) is -0.0595. The summed E-state index contributed by atoms with van der Waals surface area (Å²) in [5.41, 5.74) is -0.307. The summed E-state index contributed by atoms with van der Waals surface area (Å²) in [6.07, 6.45) is 0.821. The zero-order chi connectivity index (χ0) is 15.3. The van der Waals surface area contributed by atoms with Gasteiger partial charge in [-0.05, 0) is 39.7 Å². The van der Waals surface area contributed by atoms with Crippen LogP contribution in [-0.4, -0.2) is 43.9 Å². The molecule has 19 heavy (non-hydrogen) atoms. The molecule has 5 heteroatoms. The highest BCUT2D eigenvalue weighted by Gasteiger charge is 2.37. The van der Waals surface area contributed by atoms with Gasteiger partial charge in [0.1, 0.15) is 5.78 Å². The van der Waals surface area contributed by atoms with Gasteiger partial charge in [0.25, 0.3) is 0 Å². The van der Waals surface area contributed by atoms with E-state index in [0.29, 0.717) is 0 Å². The van der Waals surface area contributed by atoms with Crippen LogP contribution in [0.15, 0.2) is 0 Å². The molecule has 3 N–H and O–H groups in total. The lowest BCUT2D eigenvalue weighted by Crippen LogP contribution is -2.53. The third-order valence-corrected chi connectivity index (χ3v) is 3.51. The second-order valence-corrected chi connectivity index (χ2v) is 6.40. The van der Waals surface area contributed by atoms with Gasteiger partial charge in [0.05, 0.1) is 12.6 Å². The van der Waals surface area contributed by atoms with Gasteiger partial charge in [-0.2, -0.15) is 0 Å². The fourth-order valence-corrected chi connectivity index (χ4v) is 2.58. The molecule has 112 valence electrons. The van der Waals surface area contributed by atoms with Gasteiger partial charge in [0.15, 0.2) is 0 Å². The first kappa shape index (κ1) is 18.1. The van der Waals surface area contributed by atoms with E-state index in [4.69, 9.17) is 0 Å². The molecule has 0 aromatic carbocycles. The van der Waals surface area contributed by atoms with Crippen molar-refractivity contribution >= 4 is 11.7 Å². The minimum atomic E-state index is -0.336. The first-order valence-corrected chi connectivity index (χ1v) is 6.69. The molecule has 1 amide bonds. The van der Waals surface area contributed by atoms with Gasteiger partial charge in [-0.25, -0.2) is 0 Å². The highest BCUT2D eigenvalue weighted by molar-refractivity contribution is 5.84. The van der Waals surface area contributed by atoms with Crippen LogP contribution in [0, 0.1) is 5.41 Å². The molecule has 0 bridgehead atoms. The Morgan fingerprint density at radius 3 is 2.00 bits per heavy atom. The Balaban J connectivity index is 4.85. The first-order chi connectivity index (χ1) is 8.55. The molecule has 0 fully saturated rings. The van der Waals surface area contributed by atoms with Gasteiger partial charge >= 0.3 is 0 Å². The number of ketones is 1. The van der Waals surface area contributed by atoms with Crippen molar-refractivity contribution in [2.75, 3.05) is 20.6 Å². The molecular weight excluding hydrogens is 242 g/mol. The molecule has 0 aromatic rings. The van der Waals surface area contributed by atoms with Crippen LogP contribution in [0.5, 0.6) is 0 Å². The summed E-state index contributed by atoms with van der Waals surface area (Å²) in [4.78, 5) is 23.2. The smallest absolute Gasteiger partial charge is 0.233 e. The zero-order valence-corrected chi connectivity index (χ0v) is 13.3. The van der Waals surface area contributed by atoms with Crippen LogP contribution in [0.4, 0.5) is 0 Å². The maximum atomic E-state index is 11.9. The van der Waals surface area contributed by atoms with Crippen LogP contribution >= 0.6 is 0 Å². The number of amides is 1. The van der Waals surface area contributed by atoms with Gasteiger partial charge in [0.2, 0.25) is 5.91 Å². The first-order valence-electron chi connectivity index (χ1n) is 6.69. The van der Waals surface area contributed by atoms with E-state index in [-0.39, 0.29) is 35.2 Å². The summed E-state index contributed by atoms with van der Waals surface area (Å²) in [7, 11) is 3.50. The lowest BCUT2D eigenvalue weighted by molar-refractivity contribution is -0.123. The minimum Gasteiger partial charge on any atom is -0.358 e. The maximum absolute atomic E-state index is 11.9. The molecule has 1 atom stereocenters. The number of hydrogen-bond acceptors (Lipinski definition) is 4. The molecule has 0 saturated carbocycles. The molecule has 0 aliphatic rings. The lowest BCUT2D eigenvalue weighted by Gasteiger charge is -2.39. The highest BCUT2D eigenvalue weighted by Crippen LogP contribution is 2.31. The Morgan fingerprint density at radius 1 is 1.11 bits per heavy atom. The second kappa shape index (κ2) is 7.01. The third kappa shape index (κ3) is 6.16. The molecule has 0 radical (unpaired) electrons. The number of likely N-dealkylation sites (N-methyl/N-ethyl adjacent to an activating group) is 1. The largest absolute Gasteiger partial charge is 0.358 e. The van der Waals surface area contributed by atoms with Crippen molar-refractivity contribution in [3.63, 3.8) is 0 Å². The molecule has 0 aliphatic carbocycles. The van der Waals surface area contributed by atoms with E-state index in [1.165, 1.54) is 0 Å². The standard InChI is InChI=1S/C14H29N3O2/c1-10(18)12(17-8-11(19)15-6)13(2,3)9-14(4,5)16-7/h12,16-17H,8-9H2,1-7H3,(H,15,19). The average Bonchev–Trinajstić information content (AvgIpc) is 2.26. The summed E-state index contributed by atoms with van der Waals surface area (Å²) in [6.45, 7) is 10.0. The average molecular weight is 271 g/mol. The van der Waals surface area contributed by atoms with Gasteiger partial charge in [-0.3, -0.25) is 14.9 Å². The van der Waals surface area contributed by atoms with Crippen molar-refractivity contribution < 1.29 is 9.59 Å². The molecule has 0 aliphatic heterocycles. The molecule has 0 rings (SSSR count). The van der Waals surface area contributed by atoms with Crippen molar-refractivity contribution in [1.82, 2.24) is 16.0 Å². The molecule has 5 nitrogen and oxygen atoms in total. The van der Waals surface area contributed by atoms with E-state index < -0.39 is 0 Å². The quantitative estimate of drug-likeness (QED) is 0.607. The molecule has 1 unspecified atom stereocenters. The SMILES string of the molecule is CNC(=O)CNC(C(C)=O)C(C)(C)CC(C)(C)NC. The fraction of sp³-hybridized carbons (Fsp3) is 0.857. The van der Waals surface area contributed by atoms with Crippen LogP contribution < -0.4 is 16.0 Å². The van der Waals surface area contributed by atoms with Gasteiger partial charge in [-0.15, -0.1) is 0 Å². The normalized spacial score (nSPS) is 14.1. The van der Waals surface area contributed by atoms with Crippen molar-refractivity contribution in [1.29, 1.82) is 0 Å². The predicted octanol–water partition coefficient (Wildman–Crippen LogP) is 0.694. The molecular formula is C14H29N3O2. The minimum absolute atomic E-state index is 0.0563. The lowest BCUT2D eigenvalue weighted by atomic mass is 9.73. The Kier molecular flexibility index (Phi) is 6.66. The number of hydrogen-bond donors (Lipinski definition) is 3. The van der Waals surface area contributed by atoms with E-state index in [1.807, 2.05) is 7.05 Å². The predicted molar refractivity (Wildman–Crippen MR) is 78.1 cm³/mol. The van der Waals surface area contributed by atoms with Crippen molar-refractivity contribution in [2.45, 2.75) is 52.6 Å². The summed E-state index contributed by atoms with van der Waals surface area (Å²) in [5, 5.41) is 8.86. The fourth-order valence-electron chi connectivity index (χ4n) is 2.58. The summed E-state index contributed by atoms with van der Waals surface area (Å²) in [6, 6.07) is -0.336. The Labute approximate surface area is 116 Å². The Hall–Kier alpha value is -0.940. The summed E-state index contributed by atoms with van der Waals surface area (Å²) < 4.78 is 0. The van der Waals surface area contributed by atoms with Crippen molar-refractivity contribution in [2.24, 2.45) is 5.41 Å². The number of nitrogens with one attached hydrogen (secondary N) is 3. The number of rotatable bonds is 8. The third-order valence-electron chi connectivity index (χ3n) is 3.51. The van der Waals surface area contributed by atoms with E-state index >= 15 is 0 Å². The van der Waals surface area contributed by atoms with E-state index in [0.717, 1.165) is 6.42 Å². The van der Waals surface area contributed by atoms with Gasteiger partial charge < -0.3 is 10.6 Å². The van der Waals surface area contributed by atoms with Crippen LogP contribution in [0.25, 0.3) is 0 Å². The zero-order valence-electron chi connectivity index (χ0n) is 13.3. The molecule has 0 saturated heterocycles. The molecule has 0 spiro atoms. The molecule has 0 aromatic heterocycles. The van der Waals surface area contributed by atoms with E-state index in [2.05, 4.69) is 43.6 Å². The number of carbonyl (C=O) groups excluding carboxylic acids is 2. The van der Waals surface area contributed by atoms with Crippen molar-refractivity contribution in [3.05, 3.63) is 0 Å². The van der Waals surface area contributed by atoms with Crippen LogP contribution in [0.3, 0.4) is 0 Å². The van der Waals surface area contributed by atoms with Gasteiger partial charge in [0, 0.05) is 12.6 Å². The van der Waals surface area contributed by atoms with Crippen molar-refractivity contribution in [3.8, 4) is 0 Å². The summed E-state index contributed by atoms with van der Waals surface area (Å²) >= 11 is 0. The highest BCUT2D eigenvalue weighted by atomic mass is 16.2. The van der Waals surface area contributed by atoms with Gasteiger partial charge in [-0.1, -0.05) is 13.8 Å². The maximum Gasteiger partial charge on any atom is 0.233 e. The number of carbonyl (C=O) groups is 2. The topological polar surface area (TPSA) is 70.2 Å². The van der Waals surface area contributed by atoms with E-state index in [1.54, 1.807) is 14.0 Å².